The van der Waals surface area contributed by atoms with Crippen LogP contribution in [0.3, 0.4) is 0 Å². The fraction of sp³-hybridized carbons (Fsp3) is 0.556. The second-order valence-electron chi connectivity index (χ2n) is 6.91. The number of aliphatic hydroxyl groups excluding tert-OH is 1. The summed E-state index contributed by atoms with van der Waals surface area (Å²) in [5, 5.41) is 16.6. The van der Waals surface area contributed by atoms with Gasteiger partial charge in [0.15, 0.2) is 0 Å². The van der Waals surface area contributed by atoms with Gasteiger partial charge in [0.05, 0.1) is 6.10 Å². The van der Waals surface area contributed by atoms with E-state index < -0.39 is 6.10 Å². The minimum absolute atomic E-state index is 0.0653. The molecule has 0 saturated heterocycles. The minimum atomic E-state index is -0.543. The maximum atomic E-state index is 11.9. The molecule has 136 valence electrons. The summed E-state index contributed by atoms with van der Waals surface area (Å²) in [5.74, 6) is 0.655. The van der Waals surface area contributed by atoms with E-state index in [4.69, 9.17) is 4.52 Å². The lowest BCUT2D eigenvalue weighted by Crippen LogP contribution is -2.34. The molecule has 0 radical (unpaired) electrons. The molecule has 2 rings (SSSR count). The van der Waals surface area contributed by atoms with Crippen molar-refractivity contribution in [1.29, 1.82) is 0 Å². The van der Waals surface area contributed by atoms with E-state index in [1.54, 1.807) is 12.3 Å². The molecule has 1 amide bonds. The first-order valence-electron chi connectivity index (χ1n) is 8.58. The van der Waals surface area contributed by atoms with Gasteiger partial charge in [-0.05, 0) is 24.0 Å². The average Bonchev–Trinajstić information content (AvgIpc) is 3.07. The average molecular weight is 346 g/mol. The van der Waals surface area contributed by atoms with Gasteiger partial charge in [-0.1, -0.05) is 38.4 Å². The van der Waals surface area contributed by atoms with Crippen LogP contribution in [-0.4, -0.2) is 38.8 Å². The number of carbonyl (C=O) groups is 1. The SMILES string of the molecule is CCC(C)(C)CC(O)CNC(=O)CCc1nc(-c2ccccn2)no1. The molecule has 7 heteroatoms. The van der Waals surface area contributed by atoms with Crippen LogP contribution in [0, 0.1) is 5.41 Å². The van der Waals surface area contributed by atoms with Crippen molar-refractivity contribution in [2.75, 3.05) is 6.54 Å². The summed E-state index contributed by atoms with van der Waals surface area (Å²) in [6.07, 6.45) is 3.33. The Labute approximate surface area is 147 Å². The lowest BCUT2D eigenvalue weighted by Gasteiger charge is -2.25. The molecule has 0 aliphatic rings. The number of carbonyl (C=O) groups excluding carboxylic acids is 1. The Balaban J connectivity index is 1.74. The molecule has 1 unspecified atom stereocenters. The molecule has 25 heavy (non-hydrogen) atoms. The molecule has 0 aliphatic carbocycles. The van der Waals surface area contributed by atoms with Crippen molar-refractivity contribution in [2.24, 2.45) is 5.41 Å². The van der Waals surface area contributed by atoms with Crippen LogP contribution in [0.15, 0.2) is 28.9 Å². The first-order chi connectivity index (χ1) is 11.9. The van der Waals surface area contributed by atoms with E-state index in [1.165, 1.54) is 0 Å². The maximum Gasteiger partial charge on any atom is 0.227 e. The van der Waals surface area contributed by atoms with E-state index in [2.05, 4.69) is 41.2 Å². The summed E-state index contributed by atoms with van der Waals surface area (Å²) < 4.78 is 5.14. The molecule has 2 heterocycles. The van der Waals surface area contributed by atoms with E-state index in [-0.39, 0.29) is 24.3 Å². The van der Waals surface area contributed by atoms with Crippen LogP contribution in [0.1, 0.15) is 45.9 Å². The van der Waals surface area contributed by atoms with Crippen LogP contribution in [0.25, 0.3) is 11.5 Å². The summed E-state index contributed by atoms with van der Waals surface area (Å²) in [4.78, 5) is 20.3. The van der Waals surface area contributed by atoms with Crippen molar-refractivity contribution >= 4 is 5.91 Å². The van der Waals surface area contributed by atoms with Crippen LogP contribution in [0.5, 0.6) is 0 Å². The first-order valence-corrected chi connectivity index (χ1v) is 8.58. The zero-order valence-corrected chi connectivity index (χ0v) is 15.0. The number of hydrogen-bond donors (Lipinski definition) is 2. The highest BCUT2D eigenvalue weighted by atomic mass is 16.5. The Hall–Kier alpha value is -2.28. The molecule has 0 aromatic carbocycles. The van der Waals surface area contributed by atoms with Gasteiger partial charge in [0.25, 0.3) is 0 Å². The molecule has 2 aromatic rings. The Morgan fingerprint density at radius 1 is 1.40 bits per heavy atom. The van der Waals surface area contributed by atoms with Gasteiger partial charge < -0.3 is 14.9 Å². The van der Waals surface area contributed by atoms with Crippen LogP contribution in [0.2, 0.25) is 0 Å². The summed E-state index contributed by atoms with van der Waals surface area (Å²) >= 11 is 0. The lowest BCUT2D eigenvalue weighted by atomic mass is 9.84. The lowest BCUT2D eigenvalue weighted by molar-refractivity contribution is -0.121. The van der Waals surface area contributed by atoms with Crippen LogP contribution >= 0.6 is 0 Å². The number of nitrogens with one attached hydrogen (secondary N) is 1. The third-order valence-electron chi connectivity index (χ3n) is 4.21. The highest BCUT2D eigenvalue weighted by Crippen LogP contribution is 2.25. The second kappa shape index (κ2) is 8.71. The van der Waals surface area contributed by atoms with Crippen molar-refractivity contribution < 1.29 is 14.4 Å². The molecule has 2 N–H and O–H groups in total. The number of aryl methyl sites for hydroxylation is 1. The maximum absolute atomic E-state index is 11.9. The van der Waals surface area contributed by atoms with Gasteiger partial charge in [-0.25, -0.2) is 0 Å². The summed E-state index contributed by atoms with van der Waals surface area (Å²) in [6, 6.07) is 5.45. The number of aromatic nitrogens is 3. The van der Waals surface area contributed by atoms with E-state index in [0.29, 0.717) is 30.3 Å². The number of pyridine rings is 1. The van der Waals surface area contributed by atoms with Gasteiger partial charge >= 0.3 is 0 Å². The molecule has 0 spiro atoms. The van der Waals surface area contributed by atoms with Crippen molar-refractivity contribution in [3.63, 3.8) is 0 Å². The Kier molecular flexibility index (Phi) is 6.64. The largest absolute Gasteiger partial charge is 0.391 e. The minimum Gasteiger partial charge on any atom is -0.391 e. The number of hydrogen-bond acceptors (Lipinski definition) is 6. The van der Waals surface area contributed by atoms with Crippen molar-refractivity contribution in [3.8, 4) is 11.5 Å². The molecule has 0 saturated carbocycles. The normalized spacial score (nSPS) is 12.8. The number of nitrogens with zero attached hydrogens (tertiary/aromatic N) is 3. The predicted octanol–water partition coefficient (Wildman–Crippen LogP) is 2.37. The van der Waals surface area contributed by atoms with Gasteiger partial charge in [-0.3, -0.25) is 9.78 Å². The smallest absolute Gasteiger partial charge is 0.227 e. The van der Waals surface area contributed by atoms with E-state index in [9.17, 15) is 9.90 Å². The fourth-order valence-electron chi connectivity index (χ4n) is 2.35. The zero-order valence-electron chi connectivity index (χ0n) is 15.0. The van der Waals surface area contributed by atoms with E-state index >= 15 is 0 Å². The van der Waals surface area contributed by atoms with E-state index in [0.717, 1.165) is 6.42 Å². The predicted molar refractivity (Wildman–Crippen MR) is 93.6 cm³/mol. The quantitative estimate of drug-likeness (QED) is 0.723. The highest BCUT2D eigenvalue weighted by Gasteiger charge is 2.20. The van der Waals surface area contributed by atoms with Crippen LogP contribution in [-0.2, 0) is 11.2 Å². The van der Waals surface area contributed by atoms with Gasteiger partial charge in [-0.15, -0.1) is 0 Å². The third-order valence-corrected chi connectivity index (χ3v) is 4.21. The Morgan fingerprint density at radius 3 is 2.88 bits per heavy atom. The van der Waals surface area contributed by atoms with Crippen molar-refractivity contribution in [1.82, 2.24) is 20.4 Å². The van der Waals surface area contributed by atoms with Crippen LogP contribution < -0.4 is 5.32 Å². The van der Waals surface area contributed by atoms with Crippen molar-refractivity contribution in [3.05, 3.63) is 30.3 Å². The van der Waals surface area contributed by atoms with E-state index in [1.807, 2.05) is 12.1 Å². The molecular weight excluding hydrogens is 320 g/mol. The monoisotopic (exact) mass is 346 g/mol. The fourth-order valence-corrected chi connectivity index (χ4v) is 2.35. The number of amides is 1. The highest BCUT2D eigenvalue weighted by molar-refractivity contribution is 5.76. The number of rotatable bonds is 9. The van der Waals surface area contributed by atoms with Crippen LogP contribution in [0.4, 0.5) is 0 Å². The van der Waals surface area contributed by atoms with Gasteiger partial charge in [0, 0.05) is 25.6 Å². The molecule has 7 nitrogen and oxygen atoms in total. The number of aliphatic hydroxyl groups is 1. The molecular formula is C18H26N4O3. The molecule has 2 aromatic heterocycles. The second-order valence-corrected chi connectivity index (χ2v) is 6.91. The van der Waals surface area contributed by atoms with Crippen molar-refractivity contribution in [2.45, 2.75) is 52.6 Å². The third kappa shape index (κ3) is 6.26. The molecule has 0 fully saturated rings. The van der Waals surface area contributed by atoms with Gasteiger partial charge in [0.2, 0.25) is 17.6 Å². The standard InChI is InChI=1S/C18H26N4O3/c1-4-18(2,3)11-13(23)12-20-15(24)8-9-16-21-17(22-25-16)14-7-5-6-10-19-14/h5-7,10,13,23H,4,8-9,11-12H2,1-3H3,(H,20,24). The summed E-state index contributed by atoms with van der Waals surface area (Å²) in [6.45, 7) is 6.56. The summed E-state index contributed by atoms with van der Waals surface area (Å²) in [5.41, 5.74) is 0.694. The topological polar surface area (TPSA) is 101 Å². The molecule has 1 atom stereocenters. The molecule has 0 aliphatic heterocycles. The summed E-state index contributed by atoms with van der Waals surface area (Å²) in [7, 11) is 0. The molecule has 0 bridgehead atoms. The van der Waals surface area contributed by atoms with Gasteiger partial charge in [-0.2, -0.15) is 4.98 Å². The zero-order chi connectivity index (χ0) is 18.3. The first kappa shape index (κ1) is 19.1. The van der Waals surface area contributed by atoms with Gasteiger partial charge in [0.1, 0.15) is 5.69 Å². The Bertz CT molecular complexity index is 670. The Morgan fingerprint density at radius 2 is 2.20 bits per heavy atom.